The molecule has 0 heterocycles. The Balaban J connectivity index is 1.76. The number of allylic oxidation sites excluding steroid dienone is 1. The standard InChI is InChI=1S/C11H16ClNO/c12-5-1-2-11(14)13-10-7-8-3-4-9(10)6-8/h3-4,8-10H,1-2,5-7H2,(H,13,14). The summed E-state index contributed by atoms with van der Waals surface area (Å²) in [4.78, 5) is 11.4. The fourth-order valence-electron chi connectivity index (χ4n) is 2.45. The van der Waals surface area contributed by atoms with Crippen LogP contribution in [0.1, 0.15) is 25.7 Å². The Morgan fingerprint density at radius 2 is 2.29 bits per heavy atom. The van der Waals surface area contributed by atoms with E-state index in [1.165, 1.54) is 6.42 Å². The molecule has 2 rings (SSSR count). The predicted octanol–water partition coefficient (Wildman–Crippen LogP) is 2.09. The Hall–Kier alpha value is -0.500. The number of nitrogens with one attached hydrogen (secondary N) is 1. The zero-order chi connectivity index (χ0) is 9.97. The van der Waals surface area contributed by atoms with E-state index in [1.807, 2.05) is 0 Å². The molecule has 2 bridgehead atoms. The summed E-state index contributed by atoms with van der Waals surface area (Å²) < 4.78 is 0. The molecule has 1 N–H and O–H groups in total. The summed E-state index contributed by atoms with van der Waals surface area (Å²) in [5.41, 5.74) is 0. The molecule has 3 unspecified atom stereocenters. The molecule has 0 aliphatic heterocycles. The minimum atomic E-state index is 0.164. The maximum atomic E-state index is 11.4. The normalized spacial score (nSPS) is 33.6. The van der Waals surface area contributed by atoms with Gasteiger partial charge in [-0.25, -0.2) is 0 Å². The summed E-state index contributed by atoms with van der Waals surface area (Å²) in [6.07, 6.45) is 8.26. The Morgan fingerprint density at radius 3 is 2.86 bits per heavy atom. The van der Waals surface area contributed by atoms with E-state index in [2.05, 4.69) is 17.5 Å². The van der Waals surface area contributed by atoms with Crippen molar-refractivity contribution in [1.82, 2.24) is 5.32 Å². The molecular formula is C11H16ClNO. The van der Waals surface area contributed by atoms with Crippen LogP contribution < -0.4 is 5.32 Å². The van der Waals surface area contributed by atoms with Crippen LogP contribution >= 0.6 is 11.6 Å². The van der Waals surface area contributed by atoms with Gasteiger partial charge in [-0.3, -0.25) is 4.79 Å². The molecule has 1 saturated carbocycles. The van der Waals surface area contributed by atoms with E-state index in [-0.39, 0.29) is 5.91 Å². The highest BCUT2D eigenvalue weighted by atomic mass is 35.5. The van der Waals surface area contributed by atoms with Crippen LogP contribution in [0.15, 0.2) is 12.2 Å². The molecule has 1 amide bonds. The van der Waals surface area contributed by atoms with E-state index in [0.29, 0.717) is 24.3 Å². The second kappa shape index (κ2) is 4.35. The minimum Gasteiger partial charge on any atom is -0.353 e. The van der Waals surface area contributed by atoms with E-state index < -0.39 is 0 Å². The second-order valence-electron chi connectivity index (χ2n) is 4.25. The first kappa shape index (κ1) is 10.0. The van der Waals surface area contributed by atoms with Gasteiger partial charge in [0.05, 0.1) is 0 Å². The highest BCUT2D eigenvalue weighted by molar-refractivity contribution is 6.17. The number of amides is 1. The number of rotatable bonds is 4. The molecule has 0 radical (unpaired) electrons. The Morgan fingerprint density at radius 1 is 1.43 bits per heavy atom. The molecule has 3 heteroatoms. The summed E-state index contributed by atoms with van der Waals surface area (Å²) >= 11 is 5.53. The van der Waals surface area contributed by atoms with Gasteiger partial charge in [-0.15, -0.1) is 11.6 Å². The van der Waals surface area contributed by atoms with Crippen molar-refractivity contribution < 1.29 is 4.79 Å². The van der Waals surface area contributed by atoms with E-state index in [1.54, 1.807) is 0 Å². The molecule has 2 aliphatic rings. The summed E-state index contributed by atoms with van der Waals surface area (Å²) in [7, 11) is 0. The number of carbonyl (C=O) groups excluding carboxylic acids is 1. The summed E-state index contributed by atoms with van der Waals surface area (Å²) in [6.45, 7) is 0. The van der Waals surface area contributed by atoms with Gasteiger partial charge in [0.25, 0.3) is 0 Å². The van der Waals surface area contributed by atoms with Crippen molar-refractivity contribution in [3.8, 4) is 0 Å². The number of fused-ring (bicyclic) bond motifs is 2. The summed E-state index contributed by atoms with van der Waals surface area (Å²) in [6, 6.07) is 0.396. The summed E-state index contributed by atoms with van der Waals surface area (Å²) in [5.74, 6) is 2.05. The van der Waals surface area contributed by atoms with Crippen LogP contribution in [0.5, 0.6) is 0 Å². The fraction of sp³-hybridized carbons (Fsp3) is 0.727. The maximum absolute atomic E-state index is 11.4. The largest absolute Gasteiger partial charge is 0.353 e. The lowest BCUT2D eigenvalue weighted by molar-refractivity contribution is -0.121. The second-order valence-corrected chi connectivity index (χ2v) is 4.62. The van der Waals surface area contributed by atoms with E-state index in [0.717, 1.165) is 18.8 Å². The van der Waals surface area contributed by atoms with Crippen molar-refractivity contribution in [1.29, 1.82) is 0 Å². The molecule has 2 nitrogen and oxygen atoms in total. The fourth-order valence-corrected chi connectivity index (χ4v) is 2.59. The Bertz CT molecular complexity index is 252. The molecule has 0 aromatic carbocycles. The van der Waals surface area contributed by atoms with Crippen LogP contribution in [0.4, 0.5) is 0 Å². The van der Waals surface area contributed by atoms with Crippen LogP contribution in [0.2, 0.25) is 0 Å². The minimum absolute atomic E-state index is 0.164. The topological polar surface area (TPSA) is 29.1 Å². The molecule has 2 aliphatic carbocycles. The Labute approximate surface area is 89.7 Å². The van der Waals surface area contributed by atoms with Crippen molar-refractivity contribution in [2.45, 2.75) is 31.7 Å². The van der Waals surface area contributed by atoms with Gasteiger partial charge in [0.1, 0.15) is 0 Å². The average molecular weight is 214 g/mol. The molecule has 0 aromatic rings. The number of carbonyl (C=O) groups is 1. The third-order valence-electron chi connectivity index (χ3n) is 3.16. The maximum Gasteiger partial charge on any atom is 0.220 e. The van der Waals surface area contributed by atoms with Gasteiger partial charge in [-0.05, 0) is 31.1 Å². The van der Waals surface area contributed by atoms with Gasteiger partial charge < -0.3 is 5.32 Å². The van der Waals surface area contributed by atoms with Crippen molar-refractivity contribution in [3.63, 3.8) is 0 Å². The van der Waals surface area contributed by atoms with Crippen molar-refractivity contribution in [3.05, 3.63) is 12.2 Å². The lowest BCUT2D eigenvalue weighted by Crippen LogP contribution is -2.37. The third-order valence-corrected chi connectivity index (χ3v) is 3.43. The molecule has 14 heavy (non-hydrogen) atoms. The van der Waals surface area contributed by atoms with Crippen LogP contribution in [-0.4, -0.2) is 17.8 Å². The highest BCUT2D eigenvalue weighted by Gasteiger charge is 2.36. The van der Waals surface area contributed by atoms with Crippen LogP contribution in [0, 0.1) is 11.8 Å². The van der Waals surface area contributed by atoms with Crippen LogP contribution in [0.25, 0.3) is 0 Å². The number of halogens is 1. The lowest BCUT2D eigenvalue weighted by Gasteiger charge is -2.19. The molecule has 78 valence electrons. The first-order valence-electron chi connectivity index (χ1n) is 5.33. The number of alkyl halides is 1. The monoisotopic (exact) mass is 213 g/mol. The van der Waals surface area contributed by atoms with Crippen molar-refractivity contribution in [2.75, 3.05) is 5.88 Å². The average Bonchev–Trinajstić information content (AvgIpc) is 2.76. The predicted molar refractivity (Wildman–Crippen MR) is 57.2 cm³/mol. The first-order valence-corrected chi connectivity index (χ1v) is 5.86. The van der Waals surface area contributed by atoms with Gasteiger partial charge >= 0.3 is 0 Å². The quantitative estimate of drug-likeness (QED) is 0.563. The van der Waals surface area contributed by atoms with Crippen LogP contribution in [-0.2, 0) is 4.79 Å². The van der Waals surface area contributed by atoms with Gasteiger partial charge in [0.15, 0.2) is 0 Å². The lowest BCUT2D eigenvalue weighted by atomic mass is 10.0. The third kappa shape index (κ3) is 2.11. The van der Waals surface area contributed by atoms with Crippen molar-refractivity contribution in [2.24, 2.45) is 11.8 Å². The molecule has 0 spiro atoms. The van der Waals surface area contributed by atoms with Gasteiger partial charge in [-0.2, -0.15) is 0 Å². The number of hydrogen-bond acceptors (Lipinski definition) is 1. The SMILES string of the molecule is O=C(CCCCl)NC1CC2C=CC1C2. The zero-order valence-electron chi connectivity index (χ0n) is 8.21. The van der Waals surface area contributed by atoms with Gasteiger partial charge in [0.2, 0.25) is 5.91 Å². The van der Waals surface area contributed by atoms with E-state index in [4.69, 9.17) is 11.6 Å². The molecule has 0 aromatic heterocycles. The number of hydrogen-bond donors (Lipinski definition) is 1. The van der Waals surface area contributed by atoms with E-state index in [9.17, 15) is 4.79 Å². The highest BCUT2D eigenvalue weighted by Crippen LogP contribution is 2.38. The van der Waals surface area contributed by atoms with Gasteiger partial charge in [-0.1, -0.05) is 12.2 Å². The molecular weight excluding hydrogens is 198 g/mol. The smallest absolute Gasteiger partial charge is 0.220 e. The van der Waals surface area contributed by atoms with Crippen LogP contribution in [0.3, 0.4) is 0 Å². The molecule has 3 atom stereocenters. The van der Waals surface area contributed by atoms with E-state index >= 15 is 0 Å². The molecule has 0 saturated heterocycles. The first-order chi connectivity index (χ1) is 6.79. The zero-order valence-corrected chi connectivity index (χ0v) is 8.96. The van der Waals surface area contributed by atoms with Crippen molar-refractivity contribution >= 4 is 17.5 Å². The Kier molecular flexibility index (Phi) is 3.12. The summed E-state index contributed by atoms with van der Waals surface area (Å²) in [5, 5.41) is 3.10. The molecule has 1 fully saturated rings. The van der Waals surface area contributed by atoms with Gasteiger partial charge in [0, 0.05) is 18.3 Å².